The van der Waals surface area contributed by atoms with Gasteiger partial charge in [-0.1, -0.05) is 141 Å². The van der Waals surface area contributed by atoms with Crippen LogP contribution >= 0.6 is 7.37 Å². The zero-order valence-corrected chi connectivity index (χ0v) is 26.9. The van der Waals surface area contributed by atoms with Crippen LogP contribution in [0.5, 0.6) is 0 Å². The van der Waals surface area contributed by atoms with Crippen LogP contribution in [-0.4, -0.2) is 77.6 Å². The number of hydrogen-bond acceptors (Lipinski definition) is 3. The van der Waals surface area contributed by atoms with Crippen molar-refractivity contribution in [3.63, 3.8) is 0 Å². The molecule has 0 saturated carbocycles. The van der Waals surface area contributed by atoms with Gasteiger partial charge in [-0.3, -0.25) is 4.57 Å². The molecule has 268 valence electrons. The molecule has 0 unspecified atom stereocenters. The molecular weight excluding hydrogens is 523 g/mol. The fraction of sp³-hybridized carbons (Fsp3) is 1.00. The third kappa shape index (κ3) is 64.3. The minimum Gasteiger partial charge on any atom is -0.331 e. The van der Waals surface area contributed by atoms with Gasteiger partial charge < -0.3 is 13.9 Å². The van der Waals surface area contributed by atoms with E-state index in [9.17, 15) is 4.57 Å². The molecular formula is C36H98N2O2P+. The summed E-state index contributed by atoms with van der Waals surface area (Å²) in [5.74, 6) is 0. The highest BCUT2D eigenvalue weighted by Crippen LogP contribution is 2.38. The zero-order valence-electron chi connectivity index (χ0n) is 26.0. The summed E-state index contributed by atoms with van der Waals surface area (Å²) in [5.41, 5.74) is 1.38. The van der Waals surface area contributed by atoms with Crippen molar-refractivity contribution < 1.29 is 13.6 Å². The lowest BCUT2D eigenvalue weighted by atomic mass is 9.86. The monoisotopic (exact) mass is 622 g/mol. The van der Waals surface area contributed by atoms with Crippen LogP contribution in [0.1, 0.15) is 160 Å². The number of hydrogen-bond donors (Lipinski definition) is 0. The lowest BCUT2D eigenvalue weighted by molar-refractivity contribution is -0.871. The normalized spacial score (nSPS) is 10.7. The van der Waals surface area contributed by atoms with E-state index in [2.05, 4.69) is 102 Å². The van der Waals surface area contributed by atoms with E-state index in [-0.39, 0.29) is 59.4 Å². The maximum atomic E-state index is 11.2. The maximum Gasteiger partial charge on any atom is 0.197 e. The van der Waals surface area contributed by atoms with Gasteiger partial charge >= 0.3 is 0 Å². The smallest absolute Gasteiger partial charge is 0.197 e. The molecule has 0 N–H and O–H groups in total. The first-order valence-corrected chi connectivity index (χ1v) is 15.7. The minimum absolute atomic E-state index is 0. The van der Waals surface area contributed by atoms with Gasteiger partial charge in [0.25, 0.3) is 0 Å². The molecule has 0 aliphatic carbocycles. The van der Waals surface area contributed by atoms with E-state index in [1.807, 2.05) is 0 Å². The Hall–Kier alpha value is 0.110. The molecule has 0 aromatic rings. The van der Waals surface area contributed by atoms with Crippen molar-refractivity contribution >= 4 is 7.37 Å². The standard InChI is InChI=1S/C10H24N.C9H21N.C9H21O2P.8CH4/c1-7-10(2,3)8-9-11(4,5)6;1-6-9(2,3)7-8-10(4)5;1-6-9(2,3)7-8-11-12(4,5)10;;;;;;;;/h7-9H2,1-6H3;6-8H2,1-5H3;6-8H2,1-5H3;8*1H4/q+1;;;;;;;;;;. The van der Waals surface area contributed by atoms with E-state index in [0.29, 0.717) is 22.9 Å². The lowest BCUT2D eigenvalue weighted by Gasteiger charge is -2.29. The van der Waals surface area contributed by atoms with Crippen LogP contribution in [0.3, 0.4) is 0 Å². The highest BCUT2D eigenvalue weighted by Gasteiger charge is 2.19. The Morgan fingerprint density at radius 2 is 0.902 bits per heavy atom. The molecule has 0 rings (SSSR count). The lowest BCUT2D eigenvalue weighted by Crippen LogP contribution is -2.37. The van der Waals surface area contributed by atoms with Gasteiger partial charge in [0.05, 0.1) is 34.3 Å². The van der Waals surface area contributed by atoms with Crippen molar-refractivity contribution in [3.8, 4) is 0 Å². The van der Waals surface area contributed by atoms with E-state index < -0.39 is 7.37 Å². The van der Waals surface area contributed by atoms with Crippen molar-refractivity contribution in [2.75, 3.05) is 68.3 Å². The summed E-state index contributed by atoms with van der Waals surface area (Å²) in [6.45, 7) is 26.9. The molecule has 0 fully saturated rings. The van der Waals surface area contributed by atoms with E-state index in [4.69, 9.17) is 4.52 Å². The van der Waals surface area contributed by atoms with Gasteiger partial charge in [0.1, 0.15) is 0 Å². The van der Waals surface area contributed by atoms with Crippen molar-refractivity contribution in [2.45, 2.75) is 160 Å². The summed E-state index contributed by atoms with van der Waals surface area (Å²) >= 11 is 0. The minimum atomic E-state index is -2.26. The fourth-order valence-electron chi connectivity index (χ4n) is 2.24. The maximum absolute atomic E-state index is 11.2. The molecule has 0 aliphatic heterocycles. The molecule has 0 aromatic heterocycles. The van der Waals surface area contributed by atoms with Gasteiger partial charge in [-0.05, 0) is 49.7 Å². The second-order valence-electron chi connectivity index (χ2n) is 13.7. The molecule has 0 amide bonds. The first kappa shape index (κ1) is 73.0. The van der Waals surface area contributed by atoms with Crippen LogP contribution in [0.15, 0.2) is 0 Å². The van der Waals surface area contributed by atoms with E-state index in [1.165, 1.54) is 38.8 Å². The molecule has 4 nitrogen and oxygen atoms in total. The van der Waals surface area contributed by atoms with E-state index >= 15 is 0 Å². The highest BCUT2D eigenvalue weighted by atomic mass is 31.2. The van der Waals surface area contributed by atoms with Gasteiger partial charge in [0.15, 0.2) is 7.37 Å². The second kappa shape index (κ2) is 33.0. The van der Waals surface area contributed by atoms with Crippen molar-refractivity contribution in [3.05, 3.63) is 0 Å². The van der Waals surface area contributed by atoms with Crippen molar-refractivity contribution in [1.82, 2.24) is 4.90 Å². The average Bonchev–Trinajstić information content (AvgIpc) is 2.64. The quantitative estimate of drug-likeness (QED) is 0.151. The average molecular weight is 622 g/mol. The predicted octanol–water partition coefficient (Wildman–Crippen LogP) is 13.3. The van der Waals surface area contributed by atoms with Gasteiger partial charge in [-0.15, -0.1) is 0 Å². The van der Waals surface area contributed by atoms with Gasteiger partial charge in [-0.25, -0.2) is 0 Å². The molecule has 0 spiro atoms. The van der Waals surface area contributed by atoms with Crippen molar-refractivity contribution in [2.24, 2.45) is 16.2 Å². The Morgan fingerprint density at radius 1 is 0.610 bits per heavy atom. The Labute approximate surface area is 270 Å². The number of rotatable bonds is 13. The summed E-state index contributed by atoms with van der Waals surface area (Å²) in [4.78, 5) is 2.25. The Bertz CT molecular complexity index is 516. The summed E-state index contributed by atoms with van der Waals surface area (Å²) in [6.07, 6.45) is 7.31. The third-order valence-electron chi connectivity index (χ3n) is 6.75. The van der Waals surface area contributed by atoms with E-state index in [1.54, 1.807) is 13.3 Å². The van der Waals surface area contributed by atoms with Crippen molar-refractivity contribution in [1.29, 1.82) is 0 Å². The van der Waals surface area contributed by atoms with Crippen LogP contribution < -0.4 is 0 Å². The Morgan fingerprint density at radius 3 is 1.15 bits per heavy atom. The predicted molar refractivity (Wildman–Crippen MR) is 207 cm³/mol. The summed E-state index contributed by atoms with van der Waals surface area (Å²) in [6, 6.07) is 0. The molecule has 41 heavy (non-hydrogen) atoms. The number of nitrogens with zero attached hydrogens (tertiary/aromatic N) is 2. The first-order valence-electron chi connectivity index (χ1n) is 13.2. The van der Waals surface area contributed by atoms with Crippen LogP contribution in [0.25, 0.3) is 0 Å². The van der Waals surface area contributed by atoms with Gasteiger partial charge in [0, 0.05) is 19.8 Å². The van der Waals surface area contributed by atoms with Crippen LogP contribution in [-0.2, 0) is 9.09 Å². The highest BCUT2D eigenvalue weighted by molar-refractivity contribution is 7.57. The first-order chi connectivity index (χ1) is 14.5. The largest absolute Gasteiger partial charge is 0.331 e. The molecule has 0 saturated heterocycles. The van der Waals surface area contributed by atoms with Gasteiger partial charge in [-0.2, -0.15) is 0 Å². The topological polar surface area (TPSA) is 29.5 Å². The zero-order chi connectivity index (χ0) is 27.1. The Balaban J connectivity index is -0.0000000334. The summed E-state index contributed by atoms with van der Waals surface area (Å²) in [7, 11) is 8.77. The van der Waals surface area contributed by atoms with E-state index in [0.717, 1.165) is 17.3 Å². The SMILES string of the molecule is C.C.C.C.C.C.C.C.CCC(C)(C)CCN(C)C.CCC(C)(C)CCOP(C)(C)=O.CCC(C)(C)CC[N+](C)(C)C. The molecule has 0 aromatic carbocycles. The van der Waals surface area contributed by atoms with Gasteiger partial charge in [0.2, 0.25) is 0 Å². The van der Waals surface area contributed by atoms with Crippen LogP contribution in [0.2, 0.25) is 0 Å². The third-order valence-corrected chi connectivity index (χ3v) is 7.55. The molecule has 0 radical (unpaired) electrons. The molecule has 0 heterocycles. The van der Waals surface area contributed by atoms with Crippen LogP contribution in [0.4, 0.5) is 0 Å². The Kier molecular flexibility index (Phi) is 58.7. The molecule has 0 bridgehead atoms. The second-order valence-corrected chi connectivity index (χ2v) is 16.5. The summed E-state index contributed by atoms with van der Waals surface area (Å²) in [5, 5.41) is 0. The van der Waals surface area contributed by atoms with Crippen LogP contribution in [0, 0.1) is 16.2 Å². The fourth-order valence-corrected chi connectivity index (χ4v) is 2.77. The number of quaternary nitrogens is 1. The molecule has 0 atom stereocenters. The summed E-state index contributed by atoms with van der Waals surface area (Å²) < 4.78 is 17.5. The molecule has 0 aliphatic rings. The molecule has 5 heteroatoms.